The average molecular weight is 244 g/mol. The summed E-state index contributed by atoms with van der Waals surface area (Å²) in [4.78, 5) is 0. The van der Waals surface area contributed by atoms with Crippen molar-refractivity contribution in [1.82, 2.24) is 4.72 Å². The van der Waals surface area contributed by atoms with Gasteiger partial charge in [0.15, 0.2) is 14.9 Å². The van der Waals surface area contributed by atoms with Crippen LogP contribution in [0.2, 0.25) is 0 Å². The zero-order valence-corrected chi connectivity index (χ0v) is 10.1. The van der Waals surface area contributed by atoms with Crippen molar-refractivity contribution in [2.24, 2.45) is 5.73 Å². The van der Waals surface area contributed by atoms with Crippen molar-refractivity contribution in [2.75, 3.05) is 17.9 Å². The third kappa shape index (κ3) is 8.42. The van der Waals surface area contributed by atoms with Crippen molar-refractivity contribution >= 4 is 19.9 Å². The highest BCUT2D eigenvalue weighted by atomic mass is 32.3. The van der Waals surface area contributed by atoms with Gasteiger partial charge in [0, 0.05) is 18.3 Å². The van der Waals surface area contributed by atoms with Crippen LogP contribution in [0.3, 0.4) is 0 Å². The third-order valence-electron chi connectivity index (χ3n) is 1.12. The van der Waals surface area contributed by atoms with Gasteiger partial charge in [-0.05, 0) is 13.8 Å². The van der Waals surface area contributed by atoms with Crippen LogP contribution in [0.1, 0.15) is 13.8 Å². The molecule has 0 aromatic heterocycles. The Kier molecular flexibility index (Phi) is 4.08. The van der Waals surface area contributed by atoms with Crippen LogP contribution >= 0.6 is 0 Å². The van der Waals surface area contributed by atoms with E-state index >= 15 is 0 Å². The highest BCUT2D eigenvalue weighted by Gasteiger charge is 2.20. The smallest absolute Gasteiger partial charge is 0.226 e. The molecule has 0 aliphatic heterocycles. The molecule has 0 aromatic rings. The van der Waals surface area contributed by atoms with Crippen molar-refractivity contribution in [3.63, 3.8) is 0 Å². The van der Waals surface area contributed by atoms with Crippen LogP contribution in [0.5, 0.6) is 0 Å². The first-order chi connectivity index (χ1) is 5.91. The van der Waals surface area contributed by atoms with Crippen molar-refractivity contribution in [3.05, 3.63) is 0 Å². The summed E-state index contributed by atoms with van der Waals surface area (Å²) in [6, 6.07) is 0. The number of hydrogen-bond donors (Lipinski definition) is 2. The fourth-order valence-corrected chi connectivity index (χ4v) is 3.80. The molecular weight excluding hydrogens is 228 g/mol. The summed E-state index contributed by atoms with van der Waals surface area (Å²) in [5.74, 6) is 0. The number of sulfonamides is 1. The molecular formula is C6H16N2O4S2. The predicted molar refractivity (Wildman–Crippen MR) is 54.9 cm³/mol. The van der Waals surface area contributed by atoms with E-state index in [9.17, 15) is 16.8 Å². The first-order valence-corrected chi connectivity index (χ1v) is 7.56. The van der Waals surface area contributed by atoms with Gasteiger partial charge in [0.05, 0.1) is 0 Å². The van der Waals surface area contributed by atoms with Gasteiger partial charge < -0.3 is 5.73 Å². The van der Waals surface area contributed by atoms with Crippen LogP contribution in [0.25, 0.3) is 0 Å². The summed E-state index contributed by atoms with van der Waals surface area (Å²) in [6.07, 6.45) is 0.861. The van der Waals surface area contributed by atoms with E-state index in [2.05, 4.69) is 4.72 Å². The first-order valence-electron chi connectivity index (χ1n) is 3.85. The summed E-state index contributed by atoms with van der Waals surface area (Å²) < 4.78 is 45.9. The number of nitrogens with one attached hydrogen (secondary N) is 1. The Bertz CT molecular complexity index is 377. The molecule has 0 fully saturated rings. The van der Waals surface area contributed by atoms with E-state index in [1.807, 2.05) is 0 Å². The van der Waals surface area contributed by atoms with E-state index in [0.717, 1.165) is 6.26 Å². The van der Waals surface area contributed by atoms with Crippen LogP contribution in [-0.4, -0.2) is 40.3 Å². The van der Waals surface area contributed by atoms with Crippen molar-refractivity contribution in [1.29, 1.82) is 0 Å². The maximum atomic E-state index is 11.1. The molecule has 0 aromatic carbocycles. The molecule has 0 unspecified atom stereocenters. The minimum Gasteiger partial charge on any atom is -0.324 e. The summed E-state index contributed by atoms with van der Waals surface area (Å²) >= 11 is 0. The third-order valence-corrected chi connectivity index (χ3v) is 4.65. The largest absolute Gasteiger partial charge is 0.324 e. The normalized spacial score (nSPS) is 14.3. The molecule has 0 spiro atoms. The lowest BCUT2D eigenvalue weighted by Gasteiger charge is -2.18. The average Bonchev–Trinajstić information content (AvgIpc) is 1.76. The molecule has 0 saturated carbocycles. The molecule has 8 heteroatoms. The fraction of sp³-hybridized carbons (Fsp3) is 1.00. The highest BCUT2D eigenvalue weighted by molar-refractivity contribution is 8.06. The topological polar surface area (TPSA) is 106 Å². The monoisotopic (exact) mass is 244 g/mol. The Hall–Kier alpha value is -0.180. The molecule has 0 aliphatic carbocycles. The van der Waals surface area contributed by atoms with Gasteiger partial charge >= 0.3 is 0 Å². The van der Waals surface area contributed by atoms with E-state index < -0.39 is 30.5 Å². The van der Waals surface area contributed by atoms with Crippen LogP contribution < -0.4 is 10.5 Å². The standard InChI is InChI=1S/C6H16N2O4S2/c1-6(2,7)4-8-14(11,12)5-13(3,9)10/h8H,4-5,7H2,1-3H3. The molecule has 0 heterocycles. The molecule has 3 N–H and O–H groups in total. The second kappa shape index (κ2) is 4.13. The lowest BCUT2D eigenvalue weighted by molar-refractivity contribution is 0.499. The molecule has 0 radical (unpaired) electrons. The summed E-state index contributed by atoms with van der Waals surface area (Å²) in [5.41, 5.74) is 4.83. The van der Waals surface area contributed by atoms with Crippen molar-refractivity contribution in [2.45, 2.75) is 19.4 Å². The minimum atomic E-state index is -3.79. The Morgan fingerprint density at radius 2 is 1.64 bits per heavy atom. The number of hydrogen-bond acceptors (Lipinski definition) is 5. The van der Waals surface area contributed by atoms with E-state index in [-0.39, 0.29) is 6.54 Å². The summed E-state index contributed by atoms with van der Waals surface area (Å²) in [6.45, 7) is 3.27. The van der Waals surface area contributed by atoms with Crippen molar-refractivity contribution in [3.8, 4) is 0 Å². The van der Waals surface area contributed by atoms with Gasteiger partial charge in [-0.1, -0.05) is 0 Å². The fourth-order valence-electron chi connectivity index (χ4n) is 0.619. The van der Waals surface area contributed by atoms with Crippen molar-refractivity contribution < 1.29 is 16.8 Å². The van der Waals surface area contributed by atoms with E-state index in [0.29, 0.717) is 0 Å². The van der Waals surface area contributed by atoms with Gasteiger partial charge in [-0.25, -0.2) is 21.6 Å². The van der Waals surface area contributed by atoms with Gasteiger partial charge in [-0.2, -0.15) is 0 Å². The van der Waals surface area contributed by atoms with Gasteiger partial charge in [-0.3, -0.25) is 0 Å². The quantitative estimate of drug-likeness (QED) is 0.621. The van der Waals surface area contributed by atoms with E-state index in [4.69, 9.17) is 5.73 Å². The van der Waals surface area contributed by atoms with Gasteiger partial charge in [-0.15, -0.1) is 0 Å². The lowest BCUT2D eigenvalue weighted by atomic mass is 10.1. The van der Waals surface area contributed by atoms with Gasteiger partial charge in [0.25, 0.3) is 0 Å². The van der Waals surface area contributed by atoms with Crippen LogP contribution in [0, 0.1) is 0 Å². The molecule has 0 atom stereocenters. The molecule has 0 aliphatic rings. The number of sulfone groups is 1. The zero-order chi connectivity index (χ0) is 11.6. The SMILES string of the molecule is CC(C)(N)CNS(=O)(=O)CS(C)(=O)=O. The molecule has 6 nitrogen and oxygen atoms in total. The second-order valence-electron chi connectivity index (χ2n) is 3.97. The predicted octanol–water partition coefficient (Wildman–Crippen LogP) is -1.35. The Morgan fingerprint density at radius 1 is 1.21 bits per heavy atom. The Balaban J connectivity index is 4.40. The molecule has 0 rings (SSSR count). The minimum absolute atomic E-state index is 0.00481. The van der Waals surface area contributed by atoms with Crippen LogP contribution in [0.4, 0.5) is 0 Å². The lowest BCUT2D eigenvalue weighted by Crippen LogP contribution is -2.46. The summed E-state index contributed by atoms with van der Waals surface area (Å²) in [7, 11) is -7.33. The van der Waals surface area contributed by atoms with Crippen LogP contribution in [0.15, 0.2) is 0 Å². The highest BCUT2D eigenvalue weighted by Crippen LogP contribution is 1.97. The molecule has 0 saturated heterocycles. The second-order valence-corrected chi connectivity index (χ2v) is 8.28. The number of rotatable bonds is 5. The summed E-state index contributed by atoms with van der Waals surface area (Å²) in [5, 5.41) is -0.907. The van der Waals surface area contributed by atoms with E-state index in [1.54, 1.807) is 13.8 Å². The molecule has 86 valence electrons. The zero-order valence-electron chi connectivity index (χ0n) is 8.44. The maximum Gasteiger partial charge on any atom is 0.226 e. The maximum absolute atomic E-state index is 11.1. The van der Waals surface area contributed by atoms with E-state index in [1.165, 1.54) is 0 Å². The Labute approximate surface area is 84.8 Å². The molecule has 0 amide bonds. The number of nitrogens with two attached hydrogens (primary N) is 1. The van der Waals surface area contributed by atoms with Crippen LogP contribution in [-0.2, 0) is 19.9 Å². The molecule has 0 bridgehead atoms. The first kappa shape index (κ1) is 13.8. The van der Waals surface area contributed by atoms with Gasteiger partial charge in [0.1, 0.15) is 0 Å². The van der Waals surface area contributed by atoms with Gasteiger partial charge in [0.2, 0.25) is 10.0 Å². The Morgan fingerprint density at radius 3 is 1.93 bits per heavy atom. The molecule has 14 heavy (non-hydrogen) atoms.